The van der Waals surface area contributed by atoms with Gasteiger partial charge in [-0.15, -0.1) is 0 Å². The molecule has 96 valence electrons. The van der Waals surface area contributed by atoms with Crippen LogP contribution in [0.25, 0.3) is 0 Å². The van der Waals surface area contributed by atoms with E-state index in [0.29, 0.717) is 6.54 Å². The third-order valence-corrected chi connectivity index (χ3v) is 2.30. The van der Waals surface area contributed by atoms with Crippen LogP contribution in [-0.4, -0.2) is 29.3 Å². The molecule has 0 radical (unpaired) electrons. The maximum atomic E-state index is 9.20. The number of anilines is 1. The van der Waals surface area contributed by atoms with E-state index < -0.39 is 0 Å². The van der Waals surface area contributed by atoms with Gasteiger partial charge < -0.3 is 15.2 Å². The van der Waals surface area contributed by atoms with Gasteiger partial charge in [0.15, 0.2) is 11.6 Å². The lowest BCUT2D eigenvalue weighted by Gasteiger charge is -2.23. The van der Waals surface area contributed by atoms with E-state index in [1.807, 2.05) is 39.8 Å². The van der Waals surface area contributed by atoms with Gasteiger partial charge in [0.05, 0.1) is 6.10 Å². The molecular formula is C13H22N2O2. The van der Waals surface area contributed by atoms with Crippen molar-refractivity contribution < 1.29 is 9.84 Å². The minimum Gasteiger partial charge on any atom is -0.487 e. The smallest absolute Gasteiger partial charge is 0.168 e. The number of pyridine rings is 1. The van der Waals surface area contributed by atoms with Crippen LogP contribution in [0.15, 0.2) is 18.3 Å². The maximum Gasteiger partial charge on any atom is 0.168 e. The van der Waals surface area contributed by atoms with Crippen molar-refractivity contribution in [3.05, 3.63) is 18.3 Å². The predicted molar refractivity (Wildman–Crippen MR) is 69.4 cm³/mol. The van der Waals surface area contributed by atoms with Gasteiger partial charge in [-0.3, -0.25) is 0 Å². The quantitative estimate of drug-likeness (QED) is 0.798. The molecule has 0 bridgehead atoms. The van der Waals surface area contributed by atoms with E-state index in [1.54, 1.807) is 6.20 Å². The number of aliphatic hydroxyl groups excluding tert-OH is 1. The molecule has 0 spiro atoms. The van der Waals surface area contributed by atoms with E-state index in [-0.39, 0.29) is 18.1 Å². The summed E-state index contributed by atoms with van der Waals surface area (Å²) >= 11 is 0. The first-order valence-electron chi connectivity index (χ1n) is 5.91. The summed E-state index contributed by atoms with van der Waals surface area (Å²) in [6, 6.07) is 3.74. The van der Waals surface area contributed by atoms with Gasteiger partial charge in [-0.25, -0.2) is 4.98 Å². The molecule has 2 N–H and O–H groups in total. The molecule has 0 aromatic carbocycles. The number of aliphatic hydroxyl groups is 1. The summed E-state index contributed by atoms with van der Waals surface area (Å²) in [5.74, 6) is 1.47. The molecule has 1 heterocycles. The van der Waals surface area contributed by atoms with Gasteiger partial charge in [-0.2, -0.15) is 0 Å². The van der Waals surface area contributed by atoms with E-state index >= 15 is 0 Å². The normalized spacial score (nSPS) is 11.6. The highest BCUT2D eigenvalue weighted by atomic mass is 16.5. The van der Waals surface area contributed by atoms with Crippen LogP contribution in [0.1, 0.15) is 27.7 Å². The molecule has 0 saturated carbocycles. The van der Waals surface area contributed by atoms with Gasteiger partial charge in [0.25, 0.3) is 0 Å². The van der Waals surface area contributed by atoms with E-state index in [1.165, 1.54) is 0 Å². The molecule has 0 aliphatic rings. The van der Waals surface area contributed by atoms with Gasteiger partial charge in [0, 0.05) is 24.8 Å². The number of rotatable bonds is 6. The Kier molecular flexibility index (Phi) is 4.75. The molecule has 1 rings (SSSR count). The number of aromatic nitrogens is 1. The number of nitrogens with one attached hydrogen (secondary N) is 1. The van der Waals surface area contributed by atoms with Crippen molar-refractivity contribution in [1.82, 2.24) is 4.98 Å². The highest BCUT2D eigenvalue weighted by molar-refractivity contribution is 5.49. The van der Waals surface area contributed by atoms with Crippen LogP contribution in [0.3, 0.4) is 0 Å². The zero-order chi connectivity index (χ0) is 12.9. The number of nitrogens with zero attached hydrogens (tertiary/aromatic N) is 1. The van der Waals surface area contributed by atoms with Crippen LogP contribution in [0.5, 0.6) is 5.75 Å². The van der Waals surface area contributed by atoms with E-state index in [2.05, 4.69) is 10.3 Å². The third kappa shape index (κ3) is 4.61. The predicted octanol–water partition coefficient (Wildman–Crippen LogP) is 2.30. The number of ether oxygens (including phenoxy) is 1. The average Bonchev–Trinajstić information content (AvgIpc) is 2.27. The second kappa shape index (κ2) is 5.87. The van der Waals surface area contributed by atoms with Crippen molar-refractivity contribution in [2.24, 2.45) is 5.41 Å². The Morgan fingerprint density at radius 3 is 2.76 bits per heavy atom. The Morgan fingerprint density at radius 1 is 1.47 bits per heavy atom. The van der Waals surface area contributed by atoms with Crippen LogP contribution >= 0.6 is 0 Å². The number of hydrogen-bond acceptors (Lipinski definition) is 4. The van der Waals surface area contributed by atoms with Crippen LogP contribution in [0, 0.1) is 5.41 Å². The summed E-state index contributed by atoms with van der Waals surface area (Å²) < 4.78 is 5.66. The van der Waals surface area contributed by atoms with Crippen LogP contribution in [0.4, 0.5) is 5.82 Å². The van der Waals surface area contributed by atoms with Gasteiger partial charge in [0.1, 0.15) is 0 Å². The van der Waals surface area contributed by atoms with Crippen molar-refractivity contribution in [2.75, 3.05) is 18.5 Å². The minimum absolute atomic E-state index is 0.116. The molecule has 4 heteroatoms. The van der Waals surface area contributed by atoms with Gasteiger partial charge in [-0.05, 0) is 26.0 Å². The molecule has 17 heavy (non-hydrogen) atoms. The lowest BCUT2D eigenvalue weighted by molar-refractivity contribution is 0.170. The Hall–Kier alpha value is -1.29. The summed E-state index contributed by atoms with van der Waals surface area (Å²) in [6.07, 6.45) is 1.84. The highest BCUT2D eigenvalue weighted by Crippen LogP contribution is 2.24. The van der Waals surface area contributed by atoms with E-state index in [0.717, 1.165) is 11.6 Å². The second-order valence-electron chi connectivity index (χ2n) is 5.19. The molecule has 0 aliphatic heterocycles. The van der Waals surface area contributed by atoms with E-state index in [4.69, 9.17) is 4.74 Å². The molecule has 0 fully saturated rings. The Labute approximate surface area is 103 Å². The molecule has 1 aromatic heterocycles. The zero-order valence-corrected chi connectivity index (χ0v) is 11.0. The highest BCUT2D eigenvalue weighted by Gasteiger charge is 2.17. The van der Waals surface area contributed by atoms with Crippen LogP contribution < -0.4 is 10.1 Å². The first-order valence-corrected chi connectivity index (χ1v) is 5.91. The van der Waals surface area contributed by atoms with Gasteiger partial charge in [0.2, 0.25) is 0 Å². The standard InChI is InChI=1S/C13H22N2O2/c1-10(2)17-11-6-5-7-14-12(11)15-8-13(3,4)9-16/h5-7,10,16H,8-9H2,1-4H3,(H,14,15). The molecule has 0 aliphatic carbocycles. The summed E-state index contributed by atoms with van der Waals surface area (Å²) in [7, 11) is 0. The topological polar surface area (TPSA) is 54.4 Å². The molecule has 4 nitrogen and oxygen atoms in total. The third-order valence-electron chi connectivity index (χ3n) is 2.30. The first-order chi connectivity index (χ1) is 7.94. The SMILES string of the molecule is CC(C)Oc1cccnc1NCC(C)(C)CO. The minimum atomic E-state index is -0.174. The first kappa shape index (κ1) is 13.8. The molecule has 0 atom stereocenters. The van der Waals surface area contributed by atoms with Crippen molar-refractivity contribution in [1.29, 1.82) is 0 Å². The fourth-order valence-corrected chi connectivity index (χ4v) is 1.25. The largest absolute Gasteiger partial charge is 0.487 e. The summed E-state index contributed by atoms with van der Waals surface area (Å²) in [6.45, 7) is 8.73. The zero-order valence-electron chi connectivity index (χ0n) is 11.0. The molecular weight excluding hydrogens is 216 g/mol. The van der Waals surface area contributed by atoms with Gasteiger partial charge >= 0.3 is 0 Å². The van der Waals surface area contributed by atoms with Crippen molar-refractivity contribution in [2.45, 2.75) is 33.8 Å². The Morgan fingerprint density at radius 2 is 2.18 bits per heavy atom. The number of hydrogen-bond donors (Lipinski definition) is 2. The fraction of sp³-hybridized carbons (Fsp3) is 0.615. The Balaban J connectivity index is 2.70. The van der Waals surface area contributed by atoms with Crippen LogP contribution in [0.2, 0.25) is 0 Å². The summed E-state index contributed by atoms with van der Waals surface area (Å²) in [4.78, 5) is 4.25. The van der Waals surface area contributed by atoms with E-state index in [9.17, 15) is 5.11 Å². The molecule has 1 aromatic rings. The van der Waals surface area contributed by atoms with Gasteiger partial charge in [-0.1, -0.05) is 13.8 Å². The molecule has 0 unspecified atom stereocenters. The van der Waals surface area contributed by atoms with Crippen molar-refractivity contribution in [3.8, 4) is 5.75 Å². The monoisotopic (exact) mass is 238 g/mol. The van der Waals surface area contributed by atoms with Crippen molar-refractivity contribution >= 4 is 5.82 Å². The fourth-order valence-electron chi connectivity index (χ4n) is 1.25. The average molecular weight is 238 g/mol. The van der Waals surface area contributed by atoms with Crippen molar-refractivity contribution in [3.63, 3.8) is 0 Å². The summed E-state index contributed by atoms with van der Waals surface area (Å²) in [5.41, 5.74) is -0.174. The lowest BCUT2D eigenvalue weighted by Crippen LogP contribution is -2.27. The second-order valence-corrected chi connectivity index (χ2v) is 5.19. The molecule has 0 amide bonds. The van der Waals surface area contributed by atoms with Crippen LogP contribution in [-0.2, 0) is 0 Å². The Bertz CT molecular complexity index is 351. The lowest BCUT2D eigenvalue weighted by atomic mass is 9.95. The molecule has 0 saturated heterocycles. The summed E-state index contributed by atoms with van der Waals surface area (Å²) in [5, 5.41) is 12.4. The maximum absolute atomic E-state index is 9.20.